The van der Waals surface area contributed by atoms with Gasteiger partial charge in [-0.3, -0.25) is 14.7 Å². The summed E-state index contributed by atoms with van der Waals surface area (Å²) in [6, 6.07) is 11.4. The van der Waals surface area contributed by atoms with E-state index in [-0.39, 0.29) is 36.7 Å². The molecule has 2 N–H and O–H groups in total. The zero-order valence-electron chi connectivity index (χ0n) is 29.7. The average Bonchev–Trinajstić information content (AvgIpc) is 3.69. The fraction of sp³-hybridized carbons (Fsp3) is 0.526. The number of para-hydroxylation sites is 1. The quantitative estimate of drug-likeness (QED) is 0.331. The number of nitrogens with zero attached hydrogens (tertiary/aromatic N) is 4. The Balaban J connectivity index is 1.02. The van der Waals surface area contributed by atoms with Crippen LogP contribution in [0.2, 0.25) is 0 Å². The van der Waals surface area contributed by atoms with Crippen LogP contribution in [0.5, 0.6) is 0 Å². The Morgan fingerprint density at radius 3 is 2.44 bits per heavy atom. The molecule has 0 saturated carbocycles. The Kier molecular flexibility index (Phi) is 10.5. The number of piperidine rings is 2. The van der Waals surface area contributed by atoms with Gasteiger partial charge in [-0.1, -0.05) is 24.3 Å². The van der Waals surface area contributed by atoms with E-state index in [4.69, 9.17) is 13.9 Å². The summed E-state index contributed by atoms with van der Waals surface area (Å²) in [4.78, 5) is 74.6. The fourth-order valence-corrected chi connectivity index (χ4v) is 8.24. The maximum atomic E-state index is 14.2. The molecule has 3 saturated heterocycles. The molecule has 4 aliphatic rings. The zero-order valence-corrected chi connectivity index (χ0v) is 29.7. The number of anilines is 1. The minimum atomic E-state index is -1.10. The van der Waals surface area contributed by atoms with E-state index in [9.17, 15) is 24.0 Å². The predicted octanol–water partition coefficient (Wildman–Crippen LogP) is 3.85. The summed E-state index contributed by atoms with van der Waals surface area (Å²) >= 11 is 0. The Morgan fingerprint density at radius 1 is 0.962 bits per heavy atom. The highest BCUT2D eigenvalue weighted by atomic mass is 16.6. The second-order valence-corrected chi connectivity index (χ2v) is 14.1. The molecule has 3 fully saturated rings. The van der Waals surface area contributed by atoms with Crippen LogP contribution >= 0.6 is 0 Å². The molecule has 276 valence electrons. The molecular weight excluding hydrogens is 668 g/mol. The summed E-state index contributed by atoms with van der Waals surface area (Å²) in [5.41, 5.74) is 4.99. The lowest BCUT2D eigenvalue weighted by atomic mass is 10.00. The summed E-state index contributed by atoms with van der Waals surface area (Å²) in [5.74, 6) is 1.21. The number of rotatable bonds is 8. The number of hydrogen-bond acceptors (Lipinski definition) is 9. The molecule has 0 bridgehead atoms. The predicted molar refractivity (Wildman–Crippen MR) is 192 cm³/mol. The van der Waals surface area contributed by atoms with Gasteiger partial charge in [0.1, 0.15) is 12.2 Å². The molecule has 4 aliphatic heterocycles. The van der Waals surface area contributed by atoms with Crippen LogP contribution in [0.1, 0.15) is 55.7 Å². The van der Waals surface area contributed by atoms with E-state index < -0.39 is 18.0 Å². The summed E-state index contributed by atoms with van der Waals surface area (Å²) in [5, 5.41) is 3.03. The van der Waals surface area contributed by atoms with Crippen molar-refractivity contribution in [3.63, 3.8) is 0 Å². The standard InChI is InChI=1S/C38H46N6O8/c1-3-50-35-27(23-45)9-18-43(35)28-10-14-41(15-11-28)34(46)32(22-25-20-24(2)33-31(21-25)51-37(48)40-33)52-38(49)42-16-12-29(13-17-42)44-19-8-26-6-4-5-7-30(26)39-36(44)47/h4-7,20-21,28-29,32,35H,3,8-19,22H2,1-2H3,(H,39,47)(H,40,48)/t32-,35-/m1/s1. The number of carbonyl (C=O) groups is 3. The molecule has 0 aliphatic carbocycles. The van der Waals surface area contributed by atoms with Gasteiger partial charge in [0.25, 0.3) is 5.91 Å². The number of nitrogens with one attached hydrogen (secondary N) is 2. The van der Waals surface area contributed by atoms with E-state index in [2.05, 4.69) is 21.1 Å². The van der Waals surface area contributed by atoms with Gasteiger partial charge in [-0.05, 0) is 81.2 Å². The summed E-state index contributed by atoms with van der Waals surface area (Å²) in [6.45, 7) is 7.23. The summed E-state index contributed by atoms with van der Waals surface area (Å²) in [6.07, 6.45) is 1.96. The molecule has 0 unspecified atom stereocenters. The molecule has 0 radical (unpaired) electrons. The van der Waals surface area contributed by atoms with Crippen molar-refractivity contribution in [3.05, 3.63) is 69.2 Å². The number of aromatic amines is 1. The molecule has 3 aromatic rings. The maximum absolute atomic E-state index is 14.2. The maximum Gasteiger partial charge on any atom is 0.417 e. The van der Waals surface area contributed by atoms with Crippen molar-refractivity contribution in [1.29, 1.82) is 0 Å². The van der Waals surface area contributed by atoms with Crippen LogP contribution < -0.4 is 11.1 Å². The first kappa shape index (κ1) is 35.5. The third-order valence-corrected chi connectivity index (χ3v) is 11.0. The highest BCUT2D eigenvalue weighted by molar-refractivity contribution is 5.91. The van der Waals surface area contributed by atoms with Gasteiger partial charge in [0, 0.05) is 70.1 Å². The van der Waals surface area contributed by atoms with Crippen molar-refractivity contribution in [1.82, 2.24) is 24.6 Å². The van der Waals surface area contributed by atoms with E-state index in [1.165, 1.54) is 0 Å². The Labute approximate surface area is 301 Å². The number of hydrogen-bond donors (Lipinski definition) is 2. The lowest BCUT2D eigenvalue weighted by molar-refractivity contribution is -0.143. The third kappa shape index (κ3) is 7.37. The second-order valence-electron chi connectivity index (χ2n) is 14.1. The smallest absolute Gasteiger partial charge is 0.417 e. The minimum absolute atomic E-state index is 0.0289. The van der Waals surface area contributed by atoms with E-state index in [0.717, 1.165) is 23.2 Å². The largest absolute Gasteiger partial charge is 0.436 e. The molecule has 4 amide bonds. The van der Waals surface area contributed by atoms with E-state index in [1.807, 2.05) is 49.1 Å². The number of aryl methyl sites for hydroxylation is 1. The van der Waals surface area contributed by atoms with Gasteiger partial charge in [0.05, 0.1) is 11.1 Å². The Bertz CT molecular complexity index is 1920. The van der Waals surface area contributed by atoms with Gasteiger partial charge in [0.15, 0.2) is 11.7 Å². The lowest BCUT2D eigenvalue weighted by Gasteiger charge is -2.40. The SMILES string of the molecule is CCO[C@@H]1C(=C=O)CCN1C1CCN(C(=O)[C@@H](Cc2cc(C)c3[nH]c(=O)oc3c2)OC(=O)N2CCC(N3CCc4ccccc4NC3=O)CC2)CC1. The van der Waals surface area contributed by atoms with Crippen molar-refractivity contribution in [2.24, 2.45) is 0 Å². The van der Waals surface area contributed by atoms with Crippen molar-refractivity contribution < 1.29 is 33.1 Å². The van der Waals surface area contributed by atoms with Crippen LogP contribution in [-0.4, -0.2) is 119 Å². The van der Waals surface area contributed by atoms with E-state index in [0.29, 0.717) is 100 Å². The molecule has 14 nitrogen and oxygen atoms in total. The van der Waals surface area contributed by atoms with Gasteiger partial charge in [0.2, 0.25) is 0 Å². The Hall–Kier alpha value is -4.91. The number of H-pyrrole nitrogens is 1. The molecule has 14 heteroatoms. The van der Waals surface area contributed by atoms with Crippen LogP contribution in [0.25, 0.3) is 11.1 Å². The summed E-state index contributed by atoms with van der Waals surface area (Å²) < 4.78 is 17.3. The van der Waals surface area contributed by atoms with Crippen LogP contribution in [-0.2, 0) is 31.9 Å². The molecule has 7 rings (SSSR count). The van der Waals surface area contributed by atoms with Gasteiger partial charge >= 0.3 is 17.9 Å². The number of amides is 4. The van der Waals surface area contributed by atoms with Gasteiger partial charge in [-0.15, -0.1) is 0 Å². The molecule has 2 atom stereocenters. The number of benzene rings is 2. The van der Waals surface area contributed by atoms with Crippen LogP contribution in [0.4, 0.5) is 15.3 Å². The van der Waals surface area contributed by atoms with E-state index >= 15 is 0 Å². The van der Waals surface area contributed by atoms with Gasteiger partial charge in [-0.25, -0.2) is 19.2 Å². The summed E-state index contributed by atoms with van der Waals surface area (Å²) in [7, 11) is 0. The monoisotopic (exact) mass is 714 g/mol. The minimum Gasteiger partial charge on any atom is -0.436 e. The second kappa shape index (κ2) is 15.4. The number of carbonyl (C=O) groups excluding carboxylic acids is 4. The molecule has 52 heavy (non-hydrogen) atoms. The highest BCUT2D eigenvalue weighted by Crippen LogP contribution is 2.30. The van der Waals surface area contributed by atoms with Crippen molar-refractivity contribution in [3.8, 4) is 0 Å². The Morgan fingerprint density at radius 2 is 1.69 bits per heavy atom. The number of likely N-dealkylation sites (tertiary alicyclic amines) is 3. The fourth-order valence-electron chi connectivity index (χ4n) is 8.24. The van der Waals surface area contributed by atoms with Gasteiger partial charge in [-0.2, -0.15) is 0 Å². The van der Waals surface area contributed by atoms with Gasteiger partial charge < -0.3 is 33.9 Å². The molecular formula is C38H46N6O8. The first-order valence-electron chi connectivity index (χ1n) is 18.4. The third-order valence-electron chi connectivity index (χ3n) is 11.0. The van der Waals surface area contributed by atoms with Crippen molar-refractivity contribution >= 4 is 40.8 Å². The number of ether oxygens (including phenoxy) is 2. The van der Waals surface area contributed by atoms with Crippen LogP contribution in [0.3, 0.4) is 0 Å². The van der Waals surface area contributed by atoms with Crippen molar-refractivity contribution in [2.75, 3.05) is 51.2 Å². The average molecular weight is 715 g/mol. The van der Waals surface area contributed by atoms with Crippen LogP contribution in [0.15, 0.2) is 51.2 Å². The first-order chi connectivity index (χ1) is 25.2. The molecule has 2 aromatic carbocycles. The highest BCUT2D eigenvalue weighted by Gasteiger charge is 2.40. The van der Waals surface area contributed by atoms with Crippen LogP contribution in [0, 0.1) is 6.92 Å². The normalized spacial score (nSPS) is 21.1. The number of oxazole rings is 1. The molecule has 5 heterocycles. The first-order valence-corrected chi connectivity index (χ1v) is 18.4. The van der Waals surface area contributed by atoms with Crippen molar-refractivity contribution in [2.45, 2.75) is 83.2 Å². The number of aromatic nitrogens is 1. The lowest BCUT2D eigenvalue weighted by Crippen LogP contribution is -2.53. The number of fused-ring (bicyclic) bond motifs is 2. The molecule has 1 aromatic heterocycles. The molecule has 0 spiro atoms. The topological polar surface area (TPSA) is 158 Å². The van der Waals surface area contributed by atoms with E-state index in [1.54, 1.807) is 15.9 Å². The zero-order chi connectivity index (χ0) is 36.4. The number of urea groups is 1.